The van der Waals surface area contributed by atoms with Crippen LogP contribution in [0.4, 0.5) is 4.79 Å². The molecule has 40 heavy (non-hydrogen) atoms. The van der Waals surface area contributed by atoms with Gasteiger partial charge in [-0.2, -0.15) is 0 Å². The van der Waals surface area contributed by atoms with Gasteiger partial charge in [-0.25, -0.2) is 9.80 Å². The molecule has 0 radical (unpaired) electrons. The fourth-order valence-corrected chi connectivity index (χ4v) is 4.71. The molecule has 2 aromatic rings. The van der Waals surface area contributed by atoms with E-state index in [4.69, 9.17) is 9.47 Å². The molecule has 0 saturated carbocycles. The van der Waals surface area contributed by atoms with Gasteiger partial charge in [0, 0.05) is 24.0 Å². The molecule has 10 nitrogen and oxygen atoms in total. The molecule has 1 aliphatic rings. The molecule has 0 spiro atoms. The standard InChI is InChI=1S/C29H39BrN4O6/c1-28(2,3)24(32-27(37)39-4)25(35)33-34(17-21-10-12-22(30)13-11-21)19-29(38,16-20-8-6-5-7-9-20)26(36)31-23-14-15-40-18-23/h5-13,23-24,38H,14-19H2,1-4H3,(H,31,36)(H,32,37)(H,33,35)/t23-,24-,29+/m1/s1. The number of benzene rings is 2. The fraction of sp³-hybridized carbons (Fsp3) is 0.483. The van der Waals surface area contributed by atoms with Gasteiger partial charge in [-0.1, -0.05) is 79.2 Å². The van der Waals surface area contributed by atoms with Crippen molar-refractivity contribution in [3.05, 3.63) is 70.2 Å². The van der Waals surface area contributed by atoms with Gasteiger partial charge in [0.05, 0.1) is 26.3 Å². The van der Waals surface area contributed by atoms with E-state index in [9.17, 15) is 19.5 Å². The van der Waals surface area contributed by atoms with E-state index in [1.165, 1.54) is 12.1 Å². The number of nitrogens with zero attached hydrogens (tertiary/aromatic N) is 1. The number of carbonyl (C=O) groups is 3. The number of hydrazine groups is 1. The second-order valence-corrected chi connectivity index (χ2v) is 12.0. The average Bonchev–Trinajstić information content (AvgIpc) is 3.41. The molecule has 11 heteroatoms. The molecule has 4 N–H and O–H groups in total. The van der Waals surface area contributed by atoms with E-state index in [2.05, 4.69) is 32.0 Å². The first kappa shape index (κ1) is 31.5. The number of alkyl carbamates (subject to hydrolysis) is 1. The quantitative estimate of drug-likeness (QED) is 0.285. The smallest absolute Gasteiger partial charge is 0.407 e. The van der Waals surface area contributed by atoms with Crippen LogP contribution in [0.1, 0.15) is 38.3 Å². The zero-order chi connectivity index (χ0) is 29.3. The molecule has 1 aliphatic heterocycles. The number of amides is 3. The van der Waals surface area contributed by atoms with Crippen LogP contribution >= 0.6 is 15.9 Å². The van der Waals surface area contributed by atoms with Gasteiger partial charge >= 0.3 is 6.09 Å². The van der Waals surface area contributed by atoms with Gasteiger partial charge < -0.3 is 25.2 Å². The minimum absolute atomic E-state index is 0.0169. The second-order valence-electron chi connectivity index (χ2n) is 11.1. The summed E-state index contributed by atoms with van der Waals surface area (Å²) in [6.07, 6.45) is -0.0737. The number of carbonyl (C=O) groups excluding carboxylic acids is 3. The van der Waals surface area contributed by atoms with Crippen LogP contribution in [0.3, 0.4) is 0 Å². The molecule has 3 amide bonds. The summed E-state index contributed by atoms with van der Waals surface area (Å²) < 4.78 is 11.0. The topological polar surface area (TPSA) is 129 Å². The number of methoxy groups -OCH3 is 1. The maximum absolute atomic E-state index is 13.6. The molecule has 1 fully saturated rings. The van der Waals surface area contributed by atoms with Crippen molar-refractivity contribution in [2.24, 2.45) is 5.41 Å². The number of hydrogen-bond donors (Lipinski definition) is 4. The van der Waals surface area contributed by atoms with Crippen molar-refractivity contribution >= 4 is 33.8 Å². The average molecular weight is 620 g/mol. The number of aliphatic hydroxyl groups is 1. The van der Waals surface area contributed by atoms with Gasteiger partial charge in [-0.05, 0) is 35.1 Å². The molecular weight excluding hydrogens is 580 g/mol. The summed E-state index contributed by atoms with van der Waals surface area (Å²) in [4.78, 5) is 39.2. The number of halogens is 1. The van der Waals surface area contributed by atoms with Crippen LogP contribution in [-0.2, 0) is 32.0 Å². The van der Waals surface area contributed by atoms with Crippen LogP contribution < -0.4 is 16.1 Å². The number of rotatable bonds is 11. The van der Waals surface area contributed by atoms with Crippen LogP contribution in [0.15, 0.2) is 59.1 Å². The molecular formula is C29H39BrN4O6. The van der Waals surface area contributed by atoms with E-state index in [0.29, 0.717) is 19.6 Å². The predicted octanol–water partition coefficient (Wildman–Crippen LogP) is 2.93. The third-order valence-corrected chi connectivity index (χ3v) is 7.14. The third kappa shape index (κ3) is 9.29. The maximum atomic E-state index is 13.6. The first-order valence-electron chi connectivity index (χ1n) is 13.2. The van der Waals surface area contributed by atoms with Crippen molar-refractivity contribution in [2.75, 3.05) is 26.9 Å². The molecule has 0 aliphatic carbocycles. The summed E-state index contributed by atoms with van der Waals surface area (Å²) >= 11 is 3.43. The lowest BCUT2D eigenvalue weighted by Crippen LogP contribution is -2.62. The highest BCUT2D eigenvalue weighted by Crippen LogP contribution is 2.22. The third-order valence-electron chi connectivity index (χ3n) is 6.61. The summed E-state index contributed by atoms with van der Waals surface area (Å²) in [5.74, 6) is -1.07. The van der Waals surface area contributed by atoms with E-state index in [0.717, 1.165) is 15.6 Å². The Hall–Kier alpha value is -2.99. The summed E-state index contributed by atoms with van der Waals surface area (Å²) in [5.41, 5.74) is 1.88. The van der Waals surface area contributed by atoms with Crippen LogP contribution in [0.5, 0.6) is 0 Å². The Morgan fingerprint density at radius 2 is 1.77 bits per heavy atom. The zero-order valence-electron chi connectivity index (χ0n) is 23.4. The minimum Gasteiger partial charge on any atom is -0.453 e. The SMILES string of the molecule is COC(=O)N[C@H](C(=O)NN(Cc1ccc(Br)cc1)C[C@@](O)(Cc1ccccc1)C(=O)N[C@@H]1CCOC1)C(C)(C)C. The first-order chi connectivity index (χ1) is 18.9. The molecule has 1 heterocycles. The van der Waals surface area contributed by atoms with Crippen LogP contribution in [-0.4, -0.2) is 72.6 Å². The Balaban J connectivity index is 1.93. The normalized spacial score (nSPS) is 17.5. The Bertz CT molecular complexity index is 1140. The van der Waals surface area contributed by atoms with E-state index >= 15 is 0 Å². The summed E-state index contributed by atoms with van der Waals surface area (Å²) in [6, 6.07) is 15.5. The predicted molar refractivity (Wildman–Crippen MR) is 154 cm³/mol. The van der Waals surface area contributed by atoms with Crippen molar-refractivity contribution < 1.29 is 29.0 Å². The molecule has 3 rings (SSSR count). The summed E-state index contributed by atoms with van der Waals surface area (Å²) in [7, 11) is 1.23. The maximum Gasteiger partial charge on any atom is 0.407 e. The highest BCUT2D eigenvalue weighted by molar-refractivity contribution is 9.10. The lowest BCUT2D eigenvalue weighted by molar-refractivity contribution is -0.147. The van der Waals surface area contributed by atoms with Crippen molar-refractivity contribution in [1.82, 2.24) is 21.1 Å². The van der Waals surface area contributed by atoms with Gasteiger partial charge in [0.15, 0.2) is 5.60 Å². The summed E-state index contributed by atoms with van der Waals surface area (Å²) in [5, 5.41) is 19.0. The Morgan fingerprint density at radius 3 is 2.35 bits per heavy atom. The zero-order valence-corrected chi connectivity index (χ0v) is 25.0. The lowest BCUT2D eigenvalue weighted by Gasteiger charge is -2.36. The molecule has 0 unspecified atom stereocenters. The van der Waals surface area contributed by atoms with Crippen molar-refractivity contribution in [3.8, 4) is 0 Å². The largest absolute Gasteiger partial charge is 0.453 e. The van der Waals surface area contributed by atoms with E-state index in [-0.39, 0.29) is 25.6 Å². The van der Waals surface area contributed by atoms with Crippen molar-refractivity contribution in [1.29, 1.82) is 0 Å². The minimum atomic E-state index is -1.90. The van der Waals surface area contributed by atoms with Gasteiger partial charge in [0.25, 0.3) is 11.8 Å². The number of hydrogen-bond acceptors (Lipinski definition) is 7. The highest BCUT2D eigenvalue weighted by atomic mass is 79.9. The van der Waals surface area contributed by atoms with E-state index in [1.807, 2.05) is 75.4 Å². The van der Waals surface area contributed by atoms with Gasteiger partial charge in [-0.15, -0.1) is 0 Å². The Kier molecular flexibility index (Phi) is 11.1. The molecule has 2 aromatic carbocycles. The van der Waals surface area contributed by atoms with Crippen LogP contribution in [0, 0.1) is 5.41 Å². The summed E-state index contributed by atoms with van der Waals surface area (Å²) in [6.45, 7) is 6.32. The highest BCUT2D eigenvalue weighted by Gasteiger charge is 2.41. The molecule has 0 bridgehead atoms. The van der Waals surface area contributed by atoms with Gasteiger partial charge in [0.1, 0.15) is 6.04 Å². The Morgan fingerprint density at radius 1 is 1.10 bits per heavy atom. The Labute approximate surface area is 243 Å². The molecule has 218 valence electrons. The molecule has 1 saturated heterocycles. The number of nitrogens with one attached hydrogen (secondary N) is 3. The first-order valence-corrected chi connectivity index (χ1v) is 14.0. The van der Waals surface area contributed by atoms with E-state index in [1.54, 1.807) is 0 Å². The molecule has 0 aromatic heterocycles. The van der Waals surface area contributed by atoms with Gasteiger partial charge in [-0.3, -0.25) is 15.0 Å². The van der Waals surface area contributed by atoms with E-state index < -0.39 is 35.0 Å². The van der Waals surface area contributed by atoms with Crippen LogP contribution in [0.2, 0.25) is 0 Å². The lowest BCUT2D eigenvalue weighted by atomic mass is 9.86. The monoisotopic (exact) mass is 618 g/mol. The van der Waals surface area contributed by atoms with Crippen molar-refractivity contribution in [3.63, 3.8) is 0 Å². The van der Waals surface area contributed by atoms with Gasteiger partial charge in [0.2, 0.25) is 0 Å². The molecule has 3 atom stereocenters. The second kappa shape index (κ2) is 14.1. The number of ether oxygens (including phenoxy) is 2. The fourth-order valence-electron chi connectivity index (χ4n) is 4.44. The van der Waals surface area contributed by atoms with Crippen LogP contribution in [0.25, 0.3) is 0 Å². The van der Waals surface area contributed by atoms with Crippen molar-refractivity contribution in [2.45, 2.75) is 57.8 Å².